The van der Waals surface area contributed by atoms with Crippen LogP contribution in [0.25, 0.3) is 0 Å². The van der Waals surface area contributed by atoms with Crippen LogP contribution in [0.15, 0.2) is 18.2 Å². The Morgan fingerprint density at radius 1 is 1.36 bits per heavy atom. The standard InChI is InChI=1S/C20H25FO6S/c1-3-20(2,11-10-15-6-4-5-7-15)27-18-14-16(8-9-17(18)21)19(22)26-12-13-28(23,24)25/h8-9,14-15H,3-7,12-13H2,1-2H3,(H,23,24,25). The maximum Gasteiger partial charge on any atom is 0.338 e. The van der Waals surface area contributed by atoms with E-state index in [1.165, 1.54) is 25.0 Å². The van der Waals surface area contributed by atoms with Crippen molar-refractivity contribution in [1.29, 1.82) is 0 Å². The summed E-state index contributed by atoms with van der Waals surface area (Å²) in [5.74, 6) is 4.34. The van der Waals surface area contributed by atoms with Crippen LogP contribution in [-0.4, -0.2) is 36.9 Å². The number of halogens is 1. The average Bonchev–Trinajstić information content (AvgIpc) is 3.14. The largest absolute Gasteiger partial charge is 0.472 e. The highest BCUT2D eigenvalue weighted by molar-refractivity contribution is 7.85. The van der Waals surface area contributed by atoms with Crippen LogP contribution in [0.5, 0.6) is 5.75 Å². The Labute approximate surface area is 165 Å². The summed E-state index contributed by atoms with van der Waals surface area (Å²) in [7, 11) is -4.23. The zero-order chi connectivity index (χ0) is 20.8. The minimum Gasteiger partial charge on any atom is -0.472 e. The highest BCUT2D eigenvalue weighted by Gasteiger charge is 2.25. The first-order valence-electron chi connectivity index (χ1n) is 9.25. The molecule has 0 aromatic heterocycles. The SMILES string of the molecule is CCC(C)(C#CC1CCCC1)Oc1cc(C(=O)OCCS(=O)(=O)O)ccc1F. The molecule has 0 spiro atoms. The Morgan fingerprint density at radius 3 is 2.64 bits per heavy atom. The van der Waals surface area contributed by atoms with Gasteiger partial charge in [-0.2, -0.15) is 8.42 Å². The maximum atomic E-state index is 14.2. The molecule has 6 nitrogen and oxygen atoms in total. The van der Waals surface area contributed by atoms with Crippen molar-refractivity contribution in [1.82, 2.24) is 0 Å². The van der Waals surface area contributed by atoms with E-state index in [2.05, 4.69) is 11.8 Å². The Hall–Kier alpha value is -2.11. The smallest absolute Gasteiger partial charge is 0.338 e. The van der Waals surface area contributed by atoms with Crippen LogP contribution in [-0.2, 0) is 14.9 Å². The lowest BCUT2D eigenvalue weighted by Gasteiger charge is -2.24. The summed E-state index contributed by atoms with van der Waals surface area (Å²) in [6.07, 6.45) is 4.98. The van der Waals surface area contributed by atoms with Gasteiger partial charge in [0.1, 0.15) is 12.4 Å². The molecule has 1 aliphatic carbocycles. The van der Waals surface area contributed by atoms with Crippen LogP contribution in [0.3, 0.4) is 0 Å². The maximum absolute atomic E-state index is 14.2. The van der Waals surface area contributed by atoms with E-state index >= 15 is 0 Å². The molecule has 1 aromatic carbocycles. The molecule has 1 aliphatic rings. The zero-order valence-electron chi connectivity index (χ0n) is 16.0. The third-order valence-electron chi connectivity index (χ3n) is 4.65. The number of ether oxygens (including phenoxy) is 2. The molecule has 1 unspecified atom stereocenters. The molecule has 1 atom stereocenters. The van der Waals surface area contributed by atoms with Gasteiger partial charge in [0.15, 0.2) is 17.2 Å². The van der Waals surface area contributed by atoms with Crippen molar-refractivity contribution in [3.8, 4) is 17.6 Å². The van der Waals surface area contributed by atoms with Crippen molar-refractivity contribution >= 4 is 16.1 Å². The van der Waals surface area contributed by atoms with Crippen molar-refractivity contribution < 1.29 is 31.6 Å². The van der Waals surface area contributed by atoms with Crippen LogP contribution in [0.1, 0.15) is 56.3 Å². The fourth-order valence-corrected chi connectivity index (χ4v) is 3.08. The van der Waals surface area contributed by atoms with Crippen LogP contribution in [0.2, 0.25) is 0 Å². The van der Waals surface area contributed by atoms with E-state index in [0.717, 1.165) is 18.9 Å². The topological polar surface area (TPSA) is 89.9 Å². The summed E-state index contributed by atoms with van der Waals surface area (Å²) in [6.45, 7) is 3.14. The molecule has 1 N–H and O–H groups in total. The quantitative estimate of drug-likeness (QED) is 0.418. The van der Waals surface area contributed by atoms with Gasteiger partial charge in [-0.15, -0.1) is 0 Å². The summed E-state index contributed by atoms with van der Waals surface area (Å²) in [6, 6.07) is 3.50. The molecule has 0 amide bonds. The predicted molar refractivity (Wildman–Crippen MR) is 102 cm³/mol. The van der Waals surface area contributed by atoms with Gasteiger partial charge in [-0.1, -0.05) is 31.6 Å². The zero-order valence-corrected chi connectivity index (χ0v) is 16.9. The second-order valence-corrected chi connectivity index (χ2v) is 8.58. The van der Waals surface area contributed by atoms with Crippen molar-refractivity contribution in [3.63, 3.8) is 0 Å². The number of benzene rings is 1. The summed E-state index contributed by atoms with van der Waals surface area (Å²) in [4.78, 5) is 12.0. The Kier molecular flexibility index (Phi) is 7.44. The van der Waals surface area contributed by atoms with E-state index < -0.39 is 39.9 Å². The molecular formula is C20H25FO6S. The molecule has 154 valence electrons. The minimum atomic E-state index is -4.23. The molecule has 28 heavy (non-hydrogen) atoms. The summed E-state index contributed by atoms with van der Waals surface area (Å²) in [5.41, 5.74) is -0.898. The first-order chi connectivity index (χ1) is 13.1. The lowest BCUT2D eigenvalue weighted by molar-refractivity contribution is 0.0526. The summed E-state index contributed by atoms with van der Waals surface area (Å²) in [5, 5.41) is 0. The van der Waals surface area contributed by atoms with Gasteiger partial charge in [0.25, 0.3) is 10.1 Å². The number of carbonyl (C=O) groups is 1. The van der Waals surface area contributed by atoms with E-state index in [1.54, 1.807) is 6.92 Å². The predicted octanol–water partition coefficient (Wildman–Crippen LogP) is 3.61. The molecule has 0 heterocycles. The third kappa shape index (κ3) is 6.80. The lowest BCUT2D eigenvalue weighted by Crippen LogP contribution is -2.30. The van der Waals surface area contributed by atoms with Gasteiger partial charge in [-0.3, -0.25) is 4.55 Å². The Bertz CT molecular complexity index is 864. The highest BCUT2D eigenvalue weighted by atomic mass is 32.2. The second-order valence-electron chi connectivity index (χ2n) is 7.00. The van der Waals surface area contributed by atoms with E-state index in [-0.39, 0.29) is 11.3 Å². The van der Waals surface area contributed by atoms with Crippen molar-refractivity contribution in [2.45, 2.75) is 51.6 Å². The fourth-order valence-electron chi connectivity index (χ4n) is 2.79. The number of esters is 1. The number of hydrogen-bond acceptors (Lipinski definition) is 5. The monoisotopic (exact) mass is 412 g/mol. The van der Waals surface area contributed by atoms with E-state index in [1.807, 2.05) is 6.92 Å². The average molecular weight is 412 g/mol. The molecule has 0 radical (unpaired) electrons. The van der Waals surface area contributed by atoms with Crippen molar-refractivity contribution in [3.05, 3.63) is 29.6 Å². The molecule has 0 bridgehead atoms. The number of rotatable bonds is 7. The van der Waals surface area contributed by atoms with Gasteiger partial charge in [-0.25, -0.2) is 9.18 Å². The molecule has 0 saturated heterocycles. The van der Waals surface area contributed by atoms with Crippen LogP contribution in [0.4, 0.5) is 4.39 Å². The minimum absolute atomic E-state index is 0.00828. The molecule has 1 fully saturated rings. The first kappa shape index (κ1) is 22.2. The van der Waals surface area contributed by atoms with Gasteiger partial charge >= 0.3 is 5.97 Å². The summed E-state index contributed by atoms with van der Waals surface area (Å²) < 4.78 is 54.8. The number of hydrogen-bond donors (Lipinski definition) is 1. The molecule has 8 heteroatoms. The van der Waals surface area contributed by atoms with Crippen LogP contribution in [0, 0.1) is 23.6 Å². The highest BCUT2D eigenvalue weighted by Crippen LogP contribution is 2.27. The summed E-state index contributed by atoms with van der Waals surface area (Å²) >= 11 is 0. The fraction of sp³-hybridized carbons (Fsp3) is 0.550. The Balaban J connectivity index is 2.11. The van der Waals surface area contributed by atoms with E-state index in [4.69, 9.17) is 14.0 Å². The van der Waals surface area contributed by atoms with Gasteiger partial charge in [0.2, 0.25) is 0 Å². The molecular weight excluding hydrogens is 387 g/mol. The van der Waals surface area contributed by atoms with Gasteiger partial charge in [0.05, 0.1) is 5.56 Å². The first-order valence-corrected chi connectivity index (χ1v) is 10.9. The van der Waals surface area contributed by atoms with E-state index in [9.17, 15) is 17.6 Å². The normalized spacial score (nSPS) is 16.7. The van der Waals surface area contributed by atoms with Crippen molar-refractivity contribution in [2.24, 2.45) is 5.92 Å². The molecule has 1 aromatic rings. The number of carbonyl (C=O) groups excluding carboxylic acids is 1. The lowest BCUT2D eigenvalue weighted by atomic mass is 10.0. The third-order valence-corrected chi connectivity index (χ3v) is 5.33. The van der Waals surface area contributed by atoms with Gasteiger partial charge in [0, 0.05) is 5.92 Å². The van der Waals surface area contributed by atoms with E-state index in [0.29, 0.717) is 12.3 Å². The second kappa shape index (κ2) is 9.39. The van der Waals surface area contributed by atoms with Crippen LogP contribution < -0.4 is 4.74 Å². The van der Waals surface area contributed by atoms with Gasteiger partial charge in [-0.05, 0) is 44.4 Å². The molecule has 1 saturated carbocycles. The molecule has 2 rings (SSSR count). The van der Waals surface area contributed by atoms with Gasteiger partial charge < -0.3 is 9.47 Å². The van der Waals surface area contributed by atoms with Crippen molar-refractivity contribution in [2.75, 3.05) is 12.4 Å². The Morgan fingerprint density at radius 2 is 2.04 bits per heavy atom. The molecule has 0 aliphatic heterocycles. The van der Waals surface area contributed by atoms with Crippen LogP contribution >= 0.6 is 0 Å².